The van der Waals surface area contributed by atoms with Gasteiger partial charge in [0.15, 0.2) is 5.82 Å². The molecule has 112 valence electrons. The van der Waals surface area contributed by atoms with Gasteiger partial charge in [-0.15, -0.1) is 0 Å². The van der Waals surface area contributed by atoms with Gasteiger partial charge in [0.05, 0.1) is 0 Å². The van der Waals surface area contributed by atoms with Crippen molar-refractivity contribution in [2.45, 2.75) is 38.1 Å². The Labute approximate surface area is 123 Å². The number of nitrogens with zero attached hydrogens (tertiary/aromatic N) is 1. The first-order chi connectivity index (χ1) is 9.72. The number of amides is 1. The van der Waals surface area contributed by atoms with Crippen molar-refractivity contribution < 1.29 is 9.53 Å². The number of nitrogens with one attached hydrogen (secondary N) is 2. The molecule has 4 N–H and O–H groups in total. The van der Waals surface area contributed by atoms with E-state index in [1.807, 2.05) is 0 Å². The number of nitrogens with two attached hydrogens (primary N) is 1. The summed E-state index contributed by atoms with van der Waals surface area (Å²) in [6.07, 6.45) is 5.30. The molecule has 1 aliphatic rings. The van der Waals surface area contributed by atoms with Gasteiger partial charge in [0.1, 0.15) is 10.6 Å². The fourth-order valence-electron chi connectivity index (χ4n) is 1.88. The lowest BCUT2D eigenvalue weighted by atomic mass is 10.2. The van der Waals surface area contributed by atoms with E-state index in [1.165, 1.54) is 11.5 Å². The number of methoxy groups -OCH3 is 1. The summed E-state index contributed by atoms with van der Waals surface area (Å²) in [6, 6.07) is 0.323. The Morgan fingerprint density at radius 2 is 2.25 bits per heavy atom. The monoisotopic (exact) mass is 298 g/mol. The van der Waals surface area contributed by atoms with E-state index in [-0.39, 0.29) is 5.91 Å². The highest BCUT2D eigenvalue weighted by molar-refractivity contribution is 7.11. The number of hydrogen-bond acceptors (Lipinski definition) is 6. The summed E-state index contributed by atoms with van der Waals surface area (Å²) in [7, 11) is 1.71. The quantitative estimate of drug-likeness (QED) is 0.605. The summed E-state index contributed by atoms with van der Waals surface area (Å²) in [5.41, 5.74) is 6.29. The van der Waals surface area contributed by atoms with Gasteiger partial charge in [0.25, 0.3) is 5.91 Å². The zero-order valence-electron chi connectivity index (χ0n) is 11.8. The second-order valence-corrected chi connectivity index (χ2v) is 5.77. The lowest BCUT2D eigenvalue weighted by Gasteiger charge is -2.07. The summed E-state index contributed by atoms with van der Waals surface area (Å²) in [5.74, 6) is 0.204. The predicted octanol–water partition coefficient (Wildman–Crippen LogP) is 1.85. The number of carbonyl (C=O) groups is 1. The fourth-order valence-corrected chi connectivity index (χ4v) is 2.61. The van der Waals surface area contributed by atoms with Crippen molar-refractivity contribution in [2.75, 3.05) is 31.3 Å². The number of ether oxygens (including phenoxy) is 1. The lowest BCUT2D eigenvalue weighted by molar-refractivity contribution is 0.0953. The number of aromatic nitrogens is 1. The van der Waals surface area contributed by atoms with E-state index in [0.29, 0.717) is 17.4 Å². The molecule has 1 fully saturated rings. The zero-order valence-corrected chi connectivity index (χ0v) is 12.6. The second kappa shape index (κ2) is 7.44. The molecule has 1 aliphatic carbocycles. The van der Waals surface area contributed by atoms with E-state index in [4.69, 9.17) is 10.5 Å². The van der Waals surface area contributed by atoms with Crippen molar-refractivity contribution in [1.82, 2.24) is 9.69 Å². The van der Waals surface area contributed by atoms with Crippen LogP contribution >= 0.6 is 11.5 Å². The van der Waals surface area contributed by atoms with Gasteiger partial charge >= 0.3 is 0 Å². The maximum atomic E-state index is 12.1. The van der Waals surface area contributed by atoms with Crippen LogP contribution in [0, 0.1) is 0 Å². The van der Waals surface area contributed by atoms with Crippen LogP contribution in [0.5, 0.6) is 0 Å². The molecule has 1 aromatic rings. The van der Waals surface area contributed by atoms with Gasteiger partial charge in [-0.25, -0.2) is 0 Å². The fraction of sp³-hybridized carbons (Fsp3) is 0.692. The molecular weight excluding hydrogens is 276 g/mol. The number of unbranched alkanes of at least 4 members (excludes halogenated alkanes) is 2. The summed E-state index contributed by atoms with van der Waals surface area (Å²) >= 11 is 1.25. The Morgan fingerprint density at radius 1 is 1.45 bits per heavy atom. The van der Waals surface area contributed by atoms with Crippen LogP contribution in [0.2, 0.25) is 0 Å². The van der Waals surface area contributed by atoms with E-state index >= 15 is 0 Å². The van der Waals surface area contributed by atoms with Crippen LogP contribution in [0.4, 0.5) is 10.8 Å². The number of hydrogen-bond donors (Lipinski definition) is 3. The molecule has 1 saturated carbocycles. The van der Waals surface area contributed by atoms with Crippen LogP contribution in [0.15, 0.2) is 0 Å². The maximum absolute atomic E-state index is 12.1. The molecule has 0 radical (unpaired) electrons. The summed E-state index contributed by atoms with van der Waals surface area (Å²) in [5, 5.41) is 6.98. The SMILES string of the molecule is COCCCCCNc1snc(N)c1C(=O)NC1CC1. The molecule has 1 aromatic heterocycles. The molecule has 6 nitrogen and oxygen atoms in total. The Bertz CT molecular complexity index is 446. The van der Waals surface area contributed by atoms with E-state index in [1.54, 1.807) is 7.11 Å². The molecule has 0 bridgehead atoms. The van der Waals surface area contributed by atoms with Crippen molar-refractivity contribution in [3.8, 4) is 0 Å². The lowest BCUT2D eigenvalue weighted by Crippen LogP contribution is -2.26. The minimum atomic E-state index is -0.111. The minimum absolute atomic E-state index is 0.111. The summed E-state index contributed by atoms with van der Waals surface area (Å²) < 4.78 is 9.08. The van der Waals surface area contributed by atoms with Crippen molar-refractivity contribution in [1.29, 1.82) is 0 Å². The molecule has 1 heterocycles. The number of anilines is 2. The second-order valence-electron chi connectivity index (χ2n) is 5.00. The van der Waals surface area contributed by atoms with Gasteiger partial charge in [0.2, 0.25) is 0 Å². The molecule has 2 rings (SSSR count). The van der Waals surface area contributed by atoms with E-state index < -0.39 is 0 Å². The average molecular weight is 298 g/mol. The largest absolute Gasteiger partial charge is 0.385 e. The highest BCUT2D eigenvalue weighted by atomic mass is 32.1. The summed E-state index contributed by atoms with van der Waals surface area (Å²) in [4.78, 5) is 12.1. The first-order valence-corrected chi connectivity index (χ1v) is 7.78. The molecule has 1 amide bonds. The zero-order chi connectivity index (χ0) is 14.4. The topological polar surface area (TPSA) is 89.3 Å². The number of nitrogen functional groups attached to an aromatic ring is 1. The molecule has 0 spiro atoms. The molecule has 20 heavy (non-hydrogen) atoms. The van der Waals surface area contributed by atoms with Crippen LogP contribution in [-0.2, 0) is 4.74 Å². The normalized spacial score (nSPS) is 14.2. The van der Waals surface area contributed by atoms with Crippen molar-refractivity contribution in [2.24, 2.45) is 0 Å². The third kappa shape index (κ3) is 4.35. The average Bonchev–Trinajstić information content (AvgIpc) is 3.15. The van der Waals surface area contributed by atoms with Crippen LogP contribution in [0.3, 0.4) is 0 Å². The standard InChI is InChI=1S/C13H22N4O2S/c1-19-8-4-2-3-7-15-13-10(11(14)17-20-13)12(18)16-9-5-6-9/h9,15H,2-8H2,1H3,(H2,14,17)(H,16,18). The molecule has 0 atom stereocenters. The van der Waals surface area contributed by atoms with E-state index in [9.17, 15) is 4.79 Å². The van der Waals surface area contributed by atoms with E-state index in [0.717, 1.165) is 50.3 Å². The molecule has 0 saturated heterocycles. The molecule has 0 aliphatic heterocycles. The molecular formula is C13H22N4O2S. The summed E-state index contributed by atoms with van der Waals surface area (Å²) in [6.45, 7) is 1.61. The van der Waals surface area contributed by atoms with Crippen LogP contribution in [-0.4, -0.2) is 36.6 Å². The van der Waals surface area contributed by atoms with Gasteiger partial charge in [-0.1, -0.05) is 0 Å². The van der Waals surface area contributed by atoms with Crippen LogP contribution < -0.4 is 16.4 Å². The highest BCUT2D eigenvalue weighted by Gasteiger charge is 2.27. The van der Waals surface area contributed by atoms with E-state index in [2.05, 4.69) is 15.0 Å². The Hall–Kier alpha value is -1.34. The van der Waals surface area contributed by atoms with Crippen LogP contribution in [0.25, 0.3) is 0 Å². The van der Waals surface area contributed by atoms with Gasteiger partial charge in [-0.3, -0.25) is 4.79 Å². The molecule has 0 aromatic carbocycles. The van der Waals surface area contributed by atoms with Gasteiger partial charge in [-0.05, 0) is 43.6 Å². The van der Waals surface area contributed by atoms with Crippen molar-refractivity contribution in [3.05, 3.63) is 5.56 Å². The Balaban J connectivity index is 1.80. The van der Waals surface area contributed by atoms with Crippen molar-refractivity contribution in [3.63, 3.8) is 0 Å². The Kier molecular flexibility index (Phi) is 5.60. The Morgan fingerprint density at radius 3 is 2.95 bits per heavy atom. The van der Waals surface area contributed by atoms with Gasteiger partial charge in [-0.2, -0.15) is 4.37 Å². The molecule has 0 unspecified atom stereocenters. The smallest absolute Gasteiger partial charge is 0.258 e. The third-order valence-corrected chi connectivity index (χ3v) is 3.99. The maximum Gasteiger partial charge on any atom is 0.258 e. The highest BCUT2D eigenvalue weighted by Crippen LogP contribution is 2.28. The molecule has 7 heteroatoms. The van der Waals surface area contributed by atoms with Gasteiger partial charge in [0, 0.05) is 26.3 Å². The number of carbonyl (C=O) groups excluding carboxylic acids is 1. The first-order valence-electron chi connectivity index (χ1n) is 7.01. The third-order valence-electron chi connectivity index (χ3n) is 3.17. The minimum Gasteiger partial charge on any atom is -0.385 e. The first kappa shape index (κ1) is 15.1. The van der Waals surface area contributed by atoms with Crippen LogP contribution in [0.1, 0.15) is 42.5 Å². The number of rotatable bonds is 9. The predicted molar refractivity (Wildman–Crippen MR) is 81.2 cm³/mol. The van der Waals surface area contributed by atoms with Crippen molar-refractivity contribution >= 4 is 28.3 Å². The van der Waals surface area contributed by atoms with Gasteiger partial charge < -0.3 is 21.1 Å².